The Kier molecular flexibility index (Phi) is 6.36. The van der Waals surface area contributed by atoms with E-state index in [-0.39, 0.29) is 5.41 Å². The minimum atomic E-state index is 0.120. The number of ether oxygens (including phenoxy) is 1. The maximum atomic E-state index is 6.05. The molecule has 1 aromatic carbocycles. The summed E-state index contributed by atoms with van der Waals surface area (Å²) >= 11 is 0. The normalized spacial score (nSPS) is 13.3. The van der Waals surface area contributed by atoms with Crippen LogP contribution in [0.25, 0.3) is 0 Å². The summed E-state index contributed by atoms with van der Waals surface area (Å²) in [6, 6.07) is 8.81. The molecule has 1 atom stereocenters. The highest BCUT2D eigenvalue weighted by Crippen LogP contribution is 2.30. The average Bonchev–Trinajstić information content (AvgIpc) is 2.38. The molecular formula is C17H29NO. The first-order valence-electron chi connectivity index (χ1n) is 7.44. The molecule has 1 N–H and O–H groups in total. The Balaban J connectivity index is 2.66. The molecule has 0 spiro atoms. The van der Waals surface area contributed by atoms with Gasteiger partial charge in [-0.25, -0.2) is 0 Å². The van der Waals surface area contributed by atoms with E-state index in [1.165, 1.54) is 5.56 Å². The van der Waals surface area contributed by atoms with Crippen LogP contribution in [0.4, 0.5) is 0 Å². The quantitative estimate of drug-likeness (QED) is 0.798. The molecule has 2 nitrogen and oxygen atoms in total. The van der Waals surface area contributed by atoms with E-state index in [1.54, 1.807) is 0 Å². The maximum absolute atomic E-state index is 6.05. The summed E-state index contributed by atoms with van der Waals surface area (Å²) in [7, 11) is 0. The van der Waals surface area contributed by atoms with E-state index in [1.807, 2.05) is 6.07 Å². The van der Waals surface area contributed by atoms with Gasteiger partial charge in [0.25, 0.3) is 0 Å². The molecule has 0 aliphatic rings. The highest BCUT2D eigenvalue weighted by atomic mass is 16.5. The number of nitrogens with one attached hydrogen (secondary N) is 1. The Labute approximate surface area is 118 Å². The van der Waals surface area contributed by atoms with Crippen LogP contribution in [-0.2, 0) is 5.41 Å². The lowest BCUT2D eigenvalue weighted by Crippen LogP contribution is -2.34. The van der Waals surface area contributed by atoms with Crippen molar-refractivity contribution >= 4 is 0 Å². The molecule has 0 saturated carbocycles. The van der Waals surface area contributed by atoms with Crippen LogP contribution in [0.1, 0.15) is 53.0 Å². The van der Waals surface area contributed by atoms with Crippen molar-refractivity contribution in [2.45, 2.75) is 58.9 Å². The number of hydrogen-bond donors (Lipinski definition) is 1. The lowest BCUT2D eigenvalue weighted by Gasteiger charge is -2.24. The molecule has 0 aliphatic heterocycles. The SMILES string of the molecule is CCCNC(CC)COc1ccccc1C(C)(C)C. The van der Waals surface area contributed by atoms with Crippen molar-refractivity contribution in [3.8, 4) is 5.75 Å². The minimum absolute atomic E-state index is 0.120. The molecule has 0 fully saturated rings. The van der Waals surface area contributed by atoms with Crippen molar-refractivity contribution in [2.75, 3.05) is 13.2 Å². The zero-order valence-corrected chi connectivity index (χ0v) is 13.1. The van der Waals surface area contributed by atoms with E-state index in [0.29, 0.717) is 6.04 Å². The largest absolute Gasteiger partial charge is 0.492 e. The van der Waals surface area contributed by atoms with Gasteiger partial charge in [-0.1, -0.05) is 52.8 Å². The van der Waals surface area contributed by atoms with E-state index in [4.69, 9.17) is 4.74 Å². The smallest absolute Gasteiger partial charge is 0.123 e. The highest BCUT2D eigenvalue weighted by Gasteiger charge is 2.18. The van der Waals surface area contributed by atoms with Crippen LogP contribution in [0.3, 0.4) is 0 Å². The maximum Gasteiger partial charge on any atom is 0.123 e. The number of para-hydroxylation sites is 1. The molecule has 0 aliphatic carbocycles. The fraction of sp³-hybridized carbons (Fsp3) is 0.647. The molecule has 0 heterocycles. The van der Waals surface area contributed by atoms with Gasteiger partial charge in [-0.15, -0.1) is 0 Å². The number of hydrogen-bond acceptors (Lipinski definition) is 2. The van der Waals surface area contributed by atoms with Gasteiger partial charge in [-0.3, -0.25) is 0 Å². The molecule has 1 unspecified atom stereocenters. The van der Waals surface area contributed by atoms with Gasteiger partial charge in [0.1, 0.15) is 12.4 Å². The Morgan fingerprint density at radius 3 is 2.42 bits per heavy atom. The average molecular weight is 263 g/mol. The fourth-order valence-corrected chi connectivity index (χ4v) is 2.07. The van der Waals surface area contributed by atoms with Crippen LogP contribution in [0.15, 0.2) is 24.3 Å². The number of rotatable bonds is 7. The van der Waals surface area contributed by atoms with Gasteiger partial charge in [0.2, 0.25) is 0 Å². The van der Waals surface area contributed by atoms with Gasteiger partial charge in [-0.05, 0) is 36.4 Å². The van der Waals surface area contributed by atoms with Crippen LogP contribution in [0.5, 0.6) is 5.75 Å². The summed E-state index contributed by atoms with van der Waals surface area (Å²) in [6.45, 7) is 12.9. The first-order valence-corrected chi connectivity index (χ1v) is 7.44. The molecule has 1 rings (SSSR count). The first kappa shape index (κ1) is 16.0. The zero-order chi connectivity index (χ0) is 14.3. The van der Waals surface area contributed by atoms with E-state index in [2.05, 4.69) is 58.1 Å². The topological polar surface area (TPSA) is 21.3 Å². The molecule has 0 radical (unpaired) electrons. The highest BCUT2D eigenvalue weighted by molar-refractivity contribution is 5.38. The Hall–Kier alpha value is -1.02. The Morgan fingerprint density at radius 2 is 1.84 bits per heavy atom. The van der Waals surface area contributed by atoms with Crippen molar-refractivity contribution in [1.82, 2.24) is 5.32 Å². The molecular weight excluding hydrogens is 234 g/mol. The second-order valence-corrected chi connectivity index (χ2v) is 6.12. The fourth-order valence-electron chi connectivity index (χ4n) is 2.07. The van der Waals surface area contributed by atoms with Gasteiger partial charge < -0.3 is 10.1 Å². The monoisotopic (exact) mass is 263 g/mol. The lowest BCUT2D eigenvalue weighted by molar-refractivity contribution is 0.255. The van der Waals surface area contributed by atoms with Crippen LogP contribution < -0.4 is 10.1 Å². The summed E-state index contributed by atoms with van der Waals surface area (Å²) in [5.41, 5.74) is 1.40. The molecule has 0 saturated heterocycles. The third-order valence-electron chi connectivity index (χ3n) is 3.31. The molecule has 108 valence electrons. The van der Waals surface area contributed by atoms with Crippen molar-refractivity contribution in [3.63, 3.8) is 0 Å². The van der Waals surface area contributed by atoms with Gasteiger partial charge in [-0.2, -0.15) is 0 Å². The Bertz CT molecular complexity index is 368. The van der Waals surface area contributed by atoms with Gasteiger partial charge >= 0.3 is 0 Å². The van der Waals surface area contributed by atoms with Gasteiger partial charge in [0.05, 0.1) is 0 Å². The van der Waals surface area contributed by atoms with E-state index < -0.39 is 0 Å². The summed E-state index contributed by atoms with van der Waals surface area (Å²) in [5.74, 6) is 1.02. The van der Waals surface area contributed by atoms with Crippen LogP contribution in [0.2, 0.25) is 0 Å². The minimum Gasteiger partial charge on any atom is -0.492 e. The third kappa shape index (κ3) is 5.23. The Morgan fingerprint density at radius 1 is 1.16 bits per heavy atom. The molecule has 2 heteroatoms. The van der Waals surface area contributed by atoms with Crippen LogP contribution in [-0.4, -0.2) is 19.2 Å². The van der Waals surface area contributed by atoms with Crippen LogP contribution in [0, 0.1) is 0 Å². The summed E-state index contributed by atoms with van der Waals surface area (Å²) < 4.78 is 6.05. The predicted molar refractivity (Wildman–Crippen MR) is 83.0 cm³/mol. The van der Waals surface area contributed by atoms with E-state index in [9.17, 15) is 0 Å². The van der Waals surface area contributed by atoms with Crippen molar-refractivity contribution < 1.29 is 4.74 Å². The van der Waals surface area contributed by atoms with Crippen molar-refractivity contribution in [3.05, 3.63) is 29.8 Å². The summed E-state index contributed by atoms with van der Waals surface area (Å²) in [6.07, 6.45) is 2.26. The predicted octanol–water partition coefficient (Wildman–Crippen LogP) is 4.14. The molecule has 1 aromatic rings. The van der Waals surface area contributed by atoms with Crippen molar-refractivity contribution in [1.29, 1.82) is 0 Å². The molecule has 0 bridgehead atoms. The standard InChI is InChI=1S/C17H29NO/c1-6-12-18-14(7-2)13-19-16-11-9-8-10-15(16)17(3,4)5/h8-11,14,18H,6-7,12-13H2,1-5H3. The first-order chi connectivity index (χ1) is 8.99. The molecule has 0 aromatic heterocycles. The summed E-state index contributed by atoms with van der Waals surface area (Å²) in [4.78, 5) is 0. The van der Waals surface area contributed by atoms with Crippen LogP contribution >= 0.6 is 0 Å². The van der Waals surface area contributed by atoms with Crippen molar-refractivity contribution in [2.24, 2.45) is 0 Å². The number of benzene rings is 1. The zero-order valence-electron chi connectivity index (χ0n) is 13.1. The van der Waals surface area contributed by atoms with E-state index in [0.717, 1.165) is 31.7 Å². The molecule has 19 heavy (non-hydrogen) atoms. The molecule has 0 amide bonds. The summed E-state index contributed by atoms with van der Waals surface area (Å²) in [5, 5.41) is 3.52. The second kappa shape index (κ2) is 7.54. The van der Waals surface area contributed by atoms with Gasteiger partial charge in [0.15, 0.2) is 0 Å². The second-order valence-electron chi connectivity index (χ2n) is 6.12. The van der Waals surface area contributed by atoms with Gasteiger partial charge in [0, 0.05) is 6.04 Å². The van der Waals surface area contributed by atoms with E-state index >= 15 is 0 Å². The lowest BCUT2D eigenvalue weighted by atomic mass is 9.86. The third-order valence-corrected chi connectivity index (χ3v) is 3.31.